The van der Waals surface area contributed by atoms with Crippen LogP contribution in [-0.4, -0.2) is 20.5 Å². The van der Waals surface area contributed by atoms with Crippen LogP contribution >= 0.6 is 11.6 Å². The van der Waals surface area contributed by atoms with Crippen molar-refractivity contribution in [2.45, 2.75) is 4.90 Å². The molecular weight excluding hydrogens is 332 g/mol. The molecule has 0 aliphatic carbocycles. The van der Waals surface area contributed by atoms with Crippen LogP contribution in [0, 0.1) is 10.1 Å². The molecule has 2 aromatic carbocycles. The molecule has 0 aliphatic rings. The molecule has 0 spiro atoms. The summed E-state index contributed by atoms with van der Waals surface area (Å²) in [5.41, 5.74) is -0.160. The van der Waals surface area contributed by atoms with E-state index < -0.39 is 14.9 Å². The number of methoxy groups -OCH3 is 1. The Kier molecular flexibility index (Phi) is 4.53. The first-order chi connectivity index (χ1) is 10.3. The summed E-state index contributed by atoms with van der Waals surface area (Å²) in [6.07, 6.45) is 0. The number of nitro benzene ring substituents is 1. The van der Waals surface area contributed by atoms with Crippen molar-refractivity contribution < 1.29 is 18.1 Å². The van der Waals surface area contributed by atoms with Gasteiger partial charge in [-0.05, 0) is 24.3 Å². The second-order valence-corrected chi connectivity index (χ2v) is 6.17. The van der Waals surface area contributed by atoms with E-state index in [0.29, 0.717) is 5.02 Å². The van der Waals surface area contributed by atoms with Crippen LogP contribution in [0.5, 0.6) is 5.75 Å². The fourth-order valence-corrected chi connectivity index (χ4v) is 2.81. The molecule has 0 atom stereocenters. The third kappa shape index (κ3) is 3.46. The summed E-state index contributed by atoms with van der Waals surface area (Å²) in [6, 6.07) is 8.81. The van der Waals surface area contributed by atoms with E-state index in [2.05, 4.69) is 4.72 Å². The molecule has 116 valence electrons. The maximum absolute atomic E-state index is 12.2. The highest BCUT2D eigenvalue weighted by molar-refractivity contribution is 7.94. The van der Waals surface area contributed by atoms with Gasteiger partial charge >= 0.3 is 0 Å². The molecule has 0 heterocycles. The summed E-state index contributed by atoms with van der Waals surface area (Å²) < 4.78 is 33.1. The first-order valence-corrected chi connectivity index (χ1v) is 7.71. The summed E-state index contributed by atoms with van der Waals surface area (Å²) in [5.74, 6) is 0.245. The van der Waals surface area contributed by atoms with Gasteiger partial charge in [-0.25, -0.2) is 8.42 Å². The van der Waals surface area contributed by atoms with Crippen LogP contribution in [0.2, 0.25) is 5.02 Å². The highest BCUT2D eigenvalue weighted by Crippen LogP contribution is 2.37. The number of ether oxygens (including phenoxy) is 1. The van der Waals surface area contributed by atoms with Gasteiger partial charge in [0.1, 0.15) is 15.8 Å². The van der Waals surface area contributed by atoms with Crippen LogP contribution in [-0.2, 0) is 10.0 Å². The molecule has 0 aromatic heterocycles. The average molecular weight is 342 g/mol. The van der Waals surface area contributed by atoms with Gasteiger partial charge in [0.05, 0.1) is 16.9 Å². The van der Waals surface area contributed by atoms with E-state index in [1.807, 2.05) is 0 Å². The lowest BCUT2D eigenvalue weighted by molar-refractivity contribution is -0.384. The molecule has 0 N–H and O–H groups in total. The van der Waals surface area contributed by atoms with Crippen LogP contribution in [0.15, 0.2) is 47.4 Å². The zero-order valence-electron chi connectivity index (χ0n) is 11.3. The van der Waals surface area contributed by atoms with E-state index >= 15 is 0 Å². The first kappa shape index (κ1) is 16.1. The van der Waals surface area contributed by atoms with Gasteiger partial charge in [0, 0.05) is 17.2 Å². The molecule has 0 fully saturated rings. The van der Waals surface area contributed by atoms with Gasteiger partial charge in [-0.2, -0.15) is 0 Å². The molecule has 0 unspecified atom stereocenters. The molecule has 0 radical (unpaired) electrons. The van der Waals surface area contributed by atoms with Crippen molar-refractivity contribution in [3.63, 3.8) is 0 Å². The minimum absolute atomic E-state index is 0.0494. The second kappa shape index (κ2) is 6.20. The Labute approximate surface area is 131 Å². The number of sulfonamides is 1. The number of non-ortho nitro benzene ring substituents is 1. The quantitative estimate of drug-likeness (QED) is 0.610. The second-order valence-electron chi connectivity index (χ2n) is 4.13. The topological polar surface area (TPSA) is 101 Å². The molecule has 2 aromatic rings. The Morgan fingerprint density at radius 3 is 2.36 bits per heavy atom. The fourth-order valence-electron chi connectivity index (χ4n) is 1.66. The molecule has 0 saturated carbocycles. The van der Waals surface area contributed by atoms with Gasteiger partial charge in [-0.15, -0.1) is 0 Å². The van der Waals surface area contributed by atoms with Gasteiger partial charge in [-0.1, -0.05) is 23.4 Å². The normalized spacial score (nSPS) is 11.0. The van der Waals surface area contributed by atoms with Gasteiger partial charge in [0.15, 0.2) is 0 Å². The number of hydrogen-bond acceptors (Lipinski definition) is 5. The number of nitrogens with zero attached hydrogens (tertiary/aromatic N) is 2. The third-order valence-corrected chi connectivity index (χ3v) is 4.24. The summed E-state index contributed by atoms with van der Waals surface area (Å²) >= 11 is 5.82. The van der Waals surface area contributed by atoms with E-state index in [4.69, 9.17) is 16.3 Å². The predicted octanol–water partition coefficient (Wildman–Crippen LogP) is 3.65. The number of nitro groups is 1. The Morgan fingerprint density at radius 1 is 1.18 bits per heavy atom. The van der Waals surface area contributed by atoms with Crippen molar-refractivity contribution in [2.24, 2.45) is 0 Å². The molecule has 22 heavy (non-hydrogen) atoms. The maximum Gasteiger partial charge on any atom is 0.269 e. The molecule has 9 heteroatoms. The summed E-state index contributed by atoms with van der Waals surface area (Å²) in [5, 5.41) is 10.9. The van der Waals surface area contributed by atoms with E-state index in [0.717, 1.165) is 24.3 Å². The smallest absolute Gasteiger partial charge is 0.269 e. The van der Waals surface area contributed by atoms with Crippen LogP contribution < -0.4 is 4.74 Å². The fraction of sp³-hybridized carbons (Fsp3) is 0.0769. The molecule has 7 nitrogen and oxygen atoms in total. The third-order valence-electron chi connectivity index (χ3n) is 2.70. The molecule has 0 saturated heterocycles. The SMILES string of the molecule is COc1ccc(Cl)cc1[N-]S(=O)(=O)c1ccc([N+](=O)[O-])cc1. The number of rotatable bonds is 5. The first-order valence-electron chi connectivity index (χ1n) is 5.89. The Balaban J connectivity index is 2.35. The van der Waals surface area contributed by atoms with Crippen molar-refractivity contribution in [1.29, 1.82) is 0 Å². The Morgan fingerprint density at radius 2 is 1.82 bits per heavy atom. The van der Waals surface area contributed by atoms with Gasteiger partial charge < -0.3 is 9.46 Å². The highest BCUT2D eigenvalue weighted by Gasteiger charge is 2.10. The van der Waals surface area contributed by atoms with Crippen LogP contribution in [0.1, 0.15) is 0 Å². The van der Waals surface area contributed by atoms with E-state index in [1.165, 1.54) is 25.3 Å². The number of halogens is 1. The Bertz CT molecular complexity index is 806. The highest BCUT2D eigenvalue weighted by atomic mass is 35.5. The van der Waals surface area contributed by atoms with Crippen molar-refractivity contribution in [3.05, 3.63) is 62.3 Å². The van der Waals surface area contributed by atoms with Crippen LogP contribution in [0.4, 0.5) is 11.4 Å². The molecule has 0 amide bonds. The van der Waals surface area contributed by atoms with Gasteiger partial charge in [-0.3, -0.25) is 10.1 Å². The number of hydrogen-bond donors (Lipinski definition) is 0. The van der Waals surface area contributed by atoms with Gasteiger partial charge in [0.2, 0.25) is 0 Å². The maximum atomic E-state index is 12.2. The molecule has 0 bridgehead atoms. The lowest BCUT2D eigenvalue weighted by atomic mass is 10.3. The van der Waals surface area contributed by atoms with Crippen LogP contribution in [0.25, 0.3) is 4.72 Å². The molecule has 0 aliphatic heterocycles. The zero-order valence-corrected chi connectivity index (χ0v) is 12.8. The van der Waals surface area contributed by atoms with Crippen molar-refractivity contribution in [3.8, 4) is 5.75 Å². The molecule has 2 rings (SSSR count). The average Bonchev–Trinajstić information content (AvgIpc) is 2.47. The largest absolute Gasteiger partial charge is 0.570 e. The van der Waals surface area contributed by atoms with Crippen molar-refractivity contribution >= 4 is 33.0 Å². The lowest BCUT2D eigenvalue weighted by Gasteiger charge is -2.24. The van der Waals surface area contributed by atoms with E-state index in [-0.39, 0.29) is 22.0 Å². The van der Waals surface area contributed by atoms with Crippen LogP contribution in [0.3, 0.4) is 0 Å². The minimum Gasteiger partial charge on any atom is -0.570 e. The molecular formula is C13H10ClN2O5S-. The van der Waals surface area contributed by atoms with E-state index in [1.54, 1.807) is 0 Å². The minimum atomic E-state index is -4.04. The Hall–Kier alpha value is -2.32. The zero-order chi connectivity index (χ0) is 16.3. The van der Waals surface area contributed by atoms with Gasteiger partial charge in [0.25, 0.3) is 5.69 Å². The van der Waals surface area contributed by atoms with Crippen molar-refractivity contribution in [1.82, 2.24) is 0 Å². The summed E-state index contributed by atoms with van der Waals surface area (Å²) in [6.45, 7) is 0. The standard InChI is InChI=1S/C13H10ClN2O5S/c1-21-13-7-2-9(14)8-12(13)15-22(19,20)11-5-3-10(4-6-11)16(17)18/h2-8H,1H3/q-1. The summed E-state index contributed by atoms with van der Waals surface area (Å²) in [7, 11) is -2.67. The predicted molar refractivity (Wildman–Crippen MR) is 81.3 cm³/mol. The summed E-state index contributed by atoms with van der Waals surface area (Å²) in [4.78, 5) is 9.79. The van der Waals surface area contributed by atoms with E-state index in [9.17, 15) is 18.5 Å². The monoisotopic (exact) mass is 341 g/mol. The van der Waals surface area contributed by atoms with Crippen molar-refractivity contribution in [2.75, 3.05) is 7.11 Å². The number of benzene rings is 2. The lowest BCUT2D eigenvalue weighted by Crippen LogP contribution is -1.99.